The van der Waals surface area contributed by atoms with Crippen LogP contribution in [0.4, 0.5) is 4.39 Å². The lowest BCUT2D eigenvalue weighted by atomic mass is 9.86. The highest BCUT2D eigenvalue weighted by atomic mass is 35.5. The average Bonchev–Trinajstić information content (AvgIpc) is 3.05. The molecule has 0 radical (unpaired) electrons. The first-order valence-electron chi connectivity index (χ1n) is 15.5. The lowest BCUT2D eigenvalue weighted by Crippen LogP contribution is -2.70. The first kappa shape index (κ1) is 33.6. The monoisotopic (exact) mass is 695 g/mol. The van der Waals surface area contributed by atoms with Gasteiger partial charge in [-0.3, -0.25) is 14.6 Å². The van der Waals surface area contributed by atoms with Crippen LogP contribution in [0, 0.1) is 5.82 Å². The van der Waals surface area contributed by atoms with Crippen molar-refractivity contribution in [3.63, 3.8) is 0 Å². The number of nitrogens with zero attached hydrogens (tertiary/aromatic N) is 2. The molecule has 0 aliphatic carbocycles. The van der Waals surface area contributed by atoms with Crippen molar-refractivity contribution in [2.24, 2.45) is 0 Å². The van der Waals surface area contributed by atoms with Crippen LogP contribution in [0.1, 0.15) is 45.6 Å². The van der Waals surface area contributed by atoms with Gasteiger partial charge in [-0.15, -0.1) is 0 Å². The standard InChI is InChI=1S/C36H36Cl2FN3O4S/c1-2-47(44,45)33-14-13-29(37)17-28(33)20-40-35(43)27-18-31(38)30(32(39)19-27)21-41-15-16-46-36(22-41)23-42(24-36)34(25-9-5-3-6-10-25)26-11-7-4-8-12-26/h3-14,17-19,34H,2,15-16,20-24H2,1H3,(H,40,43). The van der Waals surface area contributed by atoms with Crippen LogP contribution in [0.2, 0.25) is 10.0 Å². The Bertz CT molecular complexity index is 1790. The van der Waals surface area contributed by atoms with Crippen molar-refractivity contribution in [1.29, 1.82) is 0 Å². The number of halogens is 3. The number of carbonyl (C=O) groups is 1. The fraction of sp³-hybridized carbons (Fsp3) is 0.306. The molecule has 0 unspecified atom stereocenters. The van der Waals surface area contributed by atoms with E-state index in [9.17, 15) is 13.2 Å². The predicted octanol–water partition coefficient (Wildman–Crippen LogP) is 6.53. The molecule has 0 aromatic heterocycles. The highest BCUT2D eigenvalue weighted by molar-refractivity contribution is 7.91. The SMILES string of the molecule is CCS(=O)(=O)c1ccc(Cl)cc1CNC(=O)c1cc(F)c(CN2CCOC3(C2)CN(C(c2ccccc2)c2ccccc2)C3)c(Cl)c1. The van der Waals surface area contributed by atoms with Crippen molar-refractivity contribution in [3.8, 4) is 0 Å². The van der Waals surface area contributed by atoms with Crippen molar-refractivity contribution in [2.75, 3.05) is 38.5 Å². The van der Waals surface area contributed by atoms with Crippen LogP contribution in [0.5, 0.6) is 0 Å². The minimum atomic E-state index is -3.54. The average molecular weight is 697 g/mol. The molecule has 2 heterocycles. The molecule has 1 spiro atoms. The summed E-state index contributed by atoms with van der Waals surface area (Å²) in [5.41, 5.74) is 2.78. The molecule has 2 aliphatic rings. The zero-order valence-corrected chi connectivity index (χ0v) is 28.3. The maximum atomic E-state index is 15.5. The number of hydrogen-bond donors (Lipinski definition) is 1. The van der Waals surface area contributed by atoms with Gasteiger partial charge in [-0.05, 0) is 47.0 Å². The van der Waals surface area contributed by atoms with Gasteiger partial charge < -0.3 is 10.1 Å². The number of ether oxygens (including phenoxy) is 1. The van der Waals surface area contributed by atoms with E-state index < -0.39 is 21.6 Å². The van der Waals surface area contributed by atoms with Gasteiger partial charge in [0.1, 0.15) is 11.4 Å². The van der Waals surface area contributed by atoms with Gasteiger partial charge in [0.2, 0.25) is 0 Å². The first-order chi connectivity index (χ1) is 22.6. The predicted molar refractivity (Wildman–Crippen MR) is 182 cm³/mol. The summed E-state index contributed by atoms with van der Waals surface area (Å²) in [7, 11) is -3.54. The van der Waals surface area contributed by atoms with E-state index in [0.29, 0.717) is 35.8 Å². The van der Waals surface area contributed by atoms with Gasteiger partial charge in [-0.1, -0.05) is 90.8 Å². The summed E-state index contributed by atoms with van der Waals surface area (Å²) >= 11 is 12.7. The highest BCUT2D eigenvalue weighted by Gasteiger charge is 2.49. The summed E-state index contributed by atoms with van der Waals surface area (Å²) in [6.45, 7) is 4.97. The molecule has 0 bridgehead atoms. The van der Waals surface area contributed by atoms with Crippen LogP contribution in [0.25, 0.3) is 0 Å². The fourth-order valence-electron chi connectivity index (χ4n) is 6.54. The third-order valence-corrected chi connectivity index (χ3v) is 11.3. The largest absolute Gasteiger partial charge is 0.370 e. The van der Waals surface area contributed by atoms with Crippen LogP contribution < -0.4 is 5.32 Å². The summed E-state index contributed by atoms with van der Waals surface area (Å²) in [6.07, 6.45) is 0. The molecule has 2 aliphatic heterocycles. The molecule has 4 aromatic carbocycles. The van der Waals surface area contributed by atoms with E-state index in [-0.39, 0.29) is 46.0 Å². The van der Waals surface area contributed by atoms with E-state index in [4.69, 9.17) is 27.9 Å². The van der Waals surface area contributed by atoms with Gasteiger partial charge in [0, 0.05) is 60.4 Å². The second-order valence-corrected chi connectivity index (χ2v) is 15.2. The maximum absolute atomic E-state index is 15.5. The normalized spacial score (nSPS) is 16.7. The molecular weight excluding hydrogens is 660 g/mol. The second kappa shape index (κ2) is 14.0. The lowest BCUT2D eigenvalue weighted by Gasteiger charge is -2.56. The van der Waals surface area contributed by atoms with Crippen molar-refractivity contribution < 1.29 is 22.3 Å². The minimum absolute atomic E-state index is 0.0409. The van der Waals surface area contributed by atoms with Gasteiger partial charge in [0.15, 0.2) is 9.84 Å². The summed E-state index contributed by atoms with van der Waals surface area (Å²) in [4.78, 5) is 17.7. The molecule has 1 N–H and O–H groups in total. The smallest absolute Gasteiger partial charge is 0.251 e. The number of morpholine rings is 1. The van der Waals surface area contributed by atoms with Crippen molar-refractivity contribution >= 4 is 38.9 Å². The van der Waals surface area contributed by atoms with E-state index >= 15 is 4.39 Å². The Labute approximate surface area is 285 Å². The summed E-state index contributed by atoms with van der Waals surface area (Å²) in [5, 5.41) is 3.17. The van der Waals surface area contributed by atoms with E-state index in [0.717, 1.165) is 13.1 Å². The molecule has 11 heteroatoms. The van der Waals surface area contributed by atoms with Crippen LogP contribution in [-0.4, -0.2) is 68.3 Å². The van der Waals surface area contributed by atoms with Crippen LogP contribution in [-0.2, 0) is 27.7 Å². The zero-order valence-electron chi connectivity index (χ0n) is 26.0. The number of benzene rings is 4. The number of sulfone groups is 1. The lowest BCUT2D eigenvalue weighted by molar-refractivity contribution is -0.192. The third kappa shape index (κ3) is 7.41. The number of amides is 1. The number of rotatable bonds is 10. The number of hydrogen-bond acceptors (Lipinski definition) is 6. The van der Waals surface area contributed by atoms with Gasteiger partial charge >= 0.3 is 0 Å². The number of likely N-dealkylation sites (tertiary alicyclic amines) is 1. The summed E-state index contributed by atoms with van der Waals surface area (Å²) < 4.78 is 46.9. The van der Waals surface area contributed by atoms with Crippen molar-refractivity contribution in [3.05, 3.63) is 135 Å². The van der Waals surface area contributed by atoms with E-state index in [1.54, 1.807) is 6.92 Å². The Kier molecular flexibility index (Phi) is 10.0. The van der Waals surface area contributed by atoms with E-state index in [2.05, 4.69) is 63.6 Å². The minimum Gasteiger partial charge on any atom is -0.370 e. The van der Waals surface area contributed by atoms with E-state index in [1.165, 1.54) is 41.5 Å². The van der Waals surface area contributed by atoms with Crippen LogP contribution >= 0.6 is 23.2 Å². The first-order valence-corrected chi connectivity index (χ1v) is 18.0. The van der Waals surface area contributed by atoms with Crippen molar-refractivity contribution in [1.82, 2.24) is 15.1 Å². The molecule has 246 valence electrons. The quantitative estimate of drug-likeness (QED) is 0.203. The number of carbonyl (C=O) groups excluding carboxylic acids is 1. The second-order valence-electron chi connectivity index (χ2n) is 12.1. The van der Waals surface area contributed by atoms with Gasteiger partial charge in [0.25, 0.3) is 5.91 Å². The molecule has 0 atom stereocenters. The Morgan fingerprint density at radius 1 is 0.957 bits per heavy atom. The molecular formula is C36H36Cl2FN3O4S. The molecule has 2 fully saturated rings. The van der Waals surface area contributed by atoms with Crippen LogP contribution in [0.3, 0.4) is 0 Å². The summed E-state index contributed by atoms with van der Waals surface area (Å²) in [5.74, 6) is -1.26. The Morgan fingerprint density at radius 2 is 1.62 bits per heavy atom. The summed E-state index contributed by atoms with van der Waals surface area (Å²) in [6, 6.07) is 28.0. The topological polar surface area (TPSA) is 79.0 Å². The molecule has 1 amide bonds. The molecule has 6 rings (SSSR count). The fourth-order valence-corrected chi connectivity index (χ4v) is 8.12. The highest BCUT2D eigenvalue weighted by Crippen LogP contribution is 2.39. The molecule has 7 nitrogen and oxygen atoms in total. The van der Waals surface area contributed by atoms with E-state index in [1.807, 2.05) is 12.1 Å². The number of nitrogens with one attached hydrogen (secondary N) is 1. The van der Waals surface area contributed by atoms with Crippen molar-refractivity contribution in [2.45, 2.75) is 36.6 Å². The molecule has 0 saturated carbocycles. The zero-order chi connectivity index (χ0) is 33.2. The van der Waals surface area contributed by atoms with Gasteiger partial charge in [0.05, 0.1) is 23.3 Å². The van der Waals surface area contributed by atoms with Crippen LogP contribution in [0.15, 0.2) is 95.9 Å². The third-order valence-electron chi connectivity index (χ3n) is 8.87. The maximum Gasteiger partial charge on any atom is 0.251 e. The Balaban J connectivity index is 1.11. The molecule has 4 aromatic rings. The Morgan fingerprint density at radius 3 is 2.23 bits per heavy atom. The molecule has 47 heavy (non-hydrogen) atoms. The molecule has 2 saturated heterocycles. The van der Waals surface area contributed by atoms with Gasteiger partial charge in [-0.2, -0.15) is 0 Å². The Hall–Kier alpha value is -3.31. The van der Waals surface area contributed by atoms with Gasteiger partial charge in [-0.25, -0.2) is 12.8 Å².